The Morgan fingerprint density at radius 1 is 1.12 bits per heavy atom. The van der Waals surface area contributed by atoms with Crippen LogP contribution in [-0.2, 0) is 10.0 Å². The highest BCUT2D eigenvalue weighted by molar-refractivity contribution is 7.89. The molecule has 0 spiro atoms. The maximum absolute atomic E-state index is 12.5. The molecule has 1 heterocycles. The Morgan fingerprint density at radius 3 is 2.46 bits per heavy atom. The van der Waals surface area contributed by atoms with Crippen LogP contribution in [0.15, 0.2) is 23.1 Å². The third-order valence-electron chi connectivity index (χ3n) is 4.47. The van der Waals surface area contributed by atoms with E-state index in [0.29, 0.717) is 18.0 Å². The van der Waals surface area contributed by atoms with Crippen molar-refractivity contribution >= 4 is 10.0 Å². The normalized spacial score (nSPS) is 21.5. The molecule has 0 saturated carbocycles. The summed E-state index contributed by atoms with van der Waals surface area (Å²) in [5.74, 6) is 0.802. The second-order valence-electron chi connectivity index (χ2n) is 6.23. The van der Waals surface area contributed by atoms with E-state index in [-0.39, 0.29) is 4.90 Å². The van der Waals surface area contributed by atoms with Crippen LogP contribution in [0.3, 0.4) is 0 Å². The lowest BCUT2D eigenvalue weighted by molar-refractivity contribution is -1.00. The summed E-state index contributed by atoms with van der Waals surface area (Å²) in [5, 5.41) is 0. The molecule has 0 bridgehead atoms. The number of nitrogens with one attached hydrogen (secondary N) is 3. The molecule has 0 aromatic heterocycles. The van der Waals surface area contributed by atoms with Crippen LogP contribution in [0.1, 0.15) is 6.42 Å². The Kier molecular flexibility index (Phi) is 6.85. The third-order valence-corrected chi connectivity index (χ3v) is 5.95. The molecule has 0 unspecified atom stereocenters. The van der Waals surface area contributed by atoms with Gasteiger partial charge in [0.2, 0.25) is 10.0 Å². The molecule has 7 nitrogen and oxygen atoms in total. The van der Waals surface area contributed by atoms with Crippen molar-refractivity contribution in [3.05, 3.63) is 18.2 Å². The van der Waals surface area contributed by atoms with Crippen LogP contribution in [0.2, 0.25) is 0 Å². The highest BCUT2D eigenvalue weighted by Crippen LogP contribution is 2.27. The first-order valence-corrected chi connectivity index (χ1v) is 9.81. The van der Waals surface area contributed by atoms with Gasteiger partial charge in [0.15, 0.2) is 0 Å². The van der Waals surface area contributed by atoms with Crippen molar-refractivity contribution in [1.82, 2.24) is 4.72 Å². The van der Waals surface area contributed by atoms with E-state index in [1.54, 1.807) is 21.9 Å². The maximum atomic E-state index is 12.5. The monoisotopic (exact) mass is 359 g/mol. The van der Waals surface area contributed by atoms with Crippen molar-refractivity contribution in [2.24, 2.45) is 0 Å². The largest absolute Gasteiger partial charge is 0.497 e. The van der Waals surface area contributed by atoms with E-state index in [2.05, 4.69) is 11.8 Å². The molecule has 0 aliphatic carbocycles. The molecule has 3 N–H and O–H groups in total. The van der Waals surface area contributed by atoms with E-state index in [4.69, 9.17) is 9.47 Å². The van der Waals surface area contributed by atoms with Crippen molar-refractivity contribution in [3.63, 3.8) is 0 Å². The topological polar surface area (TPSA) is 73.5 Å². The number of hydrogen-bond acceptors (Lipinski definition) is 4. The second kappa shape index (κ2) is 8.66. The summed E-state index contributed by atoms with van der Waals surface area (Å²) in [4.78, 5) is 3.24. The average Bonchev–Trinajstić information content (AvgIpc) is 2.59. The Bertz CT molecular complexity index is 628. The number of methoxy groups -OCH3 is 2. The Morgan fingerprint density at radius 2 is 1.83 bits per heavy atom. The van der Waals surface area contributed by atoms with E-state index in [9.17, 15) is 8.42 Å². The highest BCUT2D eigenvalue weighted by atomic mass is 32.2. The number of ether oxygens (including phenoxy) is 2. The van der Waals surface area contributed by atoms with Gasteiger partial charge < -0.3 is 19.3 Å². The predicted octanol–water partition coefficient (Wildman–Crippen LogP) is -2.21. The van der Waals surface area contributed by atoms with Crippen LogP contribution in [0.5, 0.6) is 11.5 Å². The van der Waals surface area contributed by atoms with Crippen molar-refractivity contribution in [2.75, 3.05) is 60.5 Å². The molecular formula is C16H29N3O4S+2. The smallest absolute Gasteiger partial charge is 0.244 e. The molecule has 8 heteroatoms. The van der Waals surface area contributed by atoms with Gasteiger partial charge in [-0.1, -0.05) is 0 Å². The number of quaternary nitrogens is 2. The number of benzene rings is 1. The molecule has 2 rings (SSSR count). The molecule has 0 atom stereocenters. The van der Waals surface area contributed by atoms with Gasteiger partial charge in [-0.25, -0.2) is 13.1 Å². The summed E-state index contributed by atoms with van der Waals surface area (Å²) >= 11 is 0. The summed E-state index contributed by atoms with van der Waals surface area (Å²) < 4.78 is 38.0. The molecule has 1 saturated heterocycles. The van der Waals surface area contributed by atoms with E-state index < -0.39 is 10.0 Å². The number of sulfonamides is 1. The van der Waals surface area contributed by atoms with Crippen LogP contribution in [0.25, 0.3) is 0 Å². The standard InChI is InChI=1S/C16H27N3O4S/c1-18-9-11-19(12-10-18)8-4-7-17-24(20,21)16-13-14(22-2)5-6-15(16)23-3/h5-6,13,17H,4,7-12H2,1-3H3/p+2. The molecule has 136 valence electrons. The zero-order valence-corrected chi connectivity index (χ0v) is 15.5. The van der Waals surface area contributed by atoms with Gasteiger partial charge in [-0.05, 0) is 12.1 Å². The fourth-order valence-electron chi connectivity index (χ4n) is 2.90. The lowest BCUT2D eigenvalue weighted by Crippen LogP contribution is -3.27. The zero-order valence-electron chi connectivity index (χ0n) is 14.7. The fourth-order valence-corrected chi connectivity index (χ4v) is 4.15. The molecule has 0 amide bonds. The van der Waals surface area contributed by atoms with Gasteiger partial charge in [-0.3, -0.25) is 0 Å². The molecule has 1 aliphatic rings. The first-order valence-electron chi connectivity index (χ1n) is 8.33. The van der Waals surface area contributed by atoms with Gasteiger partial charge in [0, 0.05) is 19.0 Å². The van der Waals surface area contributed by atoms with Gasteiger partial charge in [0.1, 0.15) is 42.6 Å². The van der Waals surface area contributed by atoms with Gasteiger partial charge in [-0.2, -0.15) is 0 Å². The first-order chi connectivity index (χ1) is 11.5. The number of likely N-dealkylation sites (N-methyl/N-ethyl adjacent to an activating group) is 1. The van der Waals surface area contributed by atoms with Crippen molar-refractivity contribution in [2.45, 2.75) is 11.3 Å². The molecule has 1 aromatic rings. The lowest BCUT2D eigenvalue weighted by atomic mass is 10.3. The van der Waals surface area contributed by atoms with Crippen molar-refractivity contribution < 1.29 is 27.7 Å². The van der Waals surface area contributed by atoms with E-state index in [1.807, 2.05) is 0 Å². The predicted molar refractivity (Wildman–Crippen MR) is 91.5 cm³/mol. The highest BCUT2D eigenvalue weighted by Gasteiger charge is 2.22. The third kappa shape index (κ3) is 5.07. The van der Waals surface area contributed by atoms with Crippen LogP contribution < -0.4 is 24.0 Å². The van der Waals surface area contributed by atoms with Gasteiger partial charge >= 0.3 is 0 Å². The number of piperazine rings is 1. The van der Waals surface area contributed by atoms with Gasteiger partial charge in [-0.15, -0.1) is 0 Å². The second-order valence-corrected chi connectivity index (χ2v) is 7.96. The van der Waals surface area contributed by atoms with E-state index in [1.165, 1.54) is 33.4 Å². The summed E-state index contributed by atoms with van der Waals surface area (Å²) in [6, 6.07) is 4.76. The van der Waals surface area contributed by atoms with E-state index >= 15 is 0 Å². The molecule has 1 fully saturated rings. The van der Waals surface area contributed by atoms with Crippen molar-refractivity contribution in [3.8, 4) is 11.5 Å². The average molecular weight is 359 g/mol. The quantitative estimate of drug-likeness (QED) is 0.460. The number of rotatable bonds is 8. The lowest BCUT2D eigenvalue weighted by Gasteiger charge is -2.27. The summed E-state index contributed by atoms with van der Waals surface area (Å²) in [7, 11) is 1.56. The molecular weight excluding hydrogens is 330 g/mol. The van der Waals surface area contributed by atoms with Crippen molar-refractivity contribution in [1.29, 1.82) is 0 Å². The minimum absolute atomic E-state index is 0.111. The summed E-state index contributed by atoms with van der Waals surface area (Å²) in [6.07, 6.45) is 0.819. The SMILES string of the molecule is COc1ccc(OC)c(S(=O)(=O)NCCC[NH+]2CC[NH+](C)CC2)c1. The minimum Gasteiger partial charge on any atom is -0.497 e. The molecule has 0 radical (unpaired) electrons. The van der Waals surface area contributed by atoms with Crippen LogP contribution in [0, 0.1) is 0 Å². The summed E-state index contributed by atoms with van der Waals surface area (Å²) in [6.45, 7) is 6.09. The zero-order chi connectivity index (χ0) is 17.6. The maximum Gasteiger partial charge on any atom is 0.244 e. The van der Waals surface area contributed by atoms with Crippen LogP contribution >= 0.6 is 0 Å². The fraction of sp³-hybridized carbons (Fsp3) is 0.625. The molecule has 1 aromatic carbocycles. The Labute approximate surface area is 144 Å². The molecule has 1 aliphatic heterocycles. The van der Waals surface area contributed by atoms with E-state index in [0.717, 1.165) is 26.1 Å². The van der Waals surface area contributed by atoms with Crippen LogP contribution in [-0.4, -0.2) is 69.0 Å². The van der Waals surface area contributed by atoms with Crippen LogP contribution in [0.4, 0.5) is 0 Å². The summed E-state index contributed by atoms with van der Waals surface area (Å²) in [5.41, 5.74) is 0. The Hall–Kier alpha value is -1.35. The van der Waals surface area contributed by atoms with Gasteiger partial charge in [0.25, 0.3) is 0 Å². The van der Waals surface area contributed by atoms with Gasteiger partial charge in [0.05, 0.1) is 27.8 Å². The minimum atomic E-state index is -3.62. The Balaban J connectivity index is 1.89. The molecule has 24 heavy (non-hydrogen) atoms. The first kappa shape index (κ1) is 19.0. The number of hydrogen-bond donors (Lipinski definition) is 3.